The first-order valence-corrected chi connectivity index (χ1v) is 9.54. The van der Waals surface area contributed by atoms with E-state index >= 15 is 0 Å². The quantitative estimate of drug-likeness (QED) is 0.724. The normalized spacial score (nSPS) is 47.0. The second kappa shape index (κ2) is 5.81. The van der Waals surface area contributed by atoms with Crippen LogP contribution in [0.3, 0.4) is 0 Å². The fourth-order valence-electron chi connectivity index (χ4n) is 6.57. The van der Waals surface area contributed by atoms with Crippen LogP contribution in [0.2, 0.25) is 0 Å². The molecule has 1 unspecified atom stereocenters. The highest BCUT2D eigenvalue weighted by Crippen LogP contribution is 2.64. The molecule has 3 saturated carbocycles. The van der Waals surface area contributed by atoms with Crippen LogP contribution in [0.5, 0.6) is 0 Å². The van der Waals surface area contributed by atoms with Crippen molar-refractivity contribution < 1.29 is 14.3 Å². The van der Waals surface area contributed by atoms with Crippen LogP contribution >= 0.6 is 0 Å². The van der Waals surface area contributed by atoms with Crippen LogP contribution < -0.4 is 0 Å². The van der Waals surface area contributed by atoms with Crippen LogP contribution in [0.25, 0.3) is 0 Å². The Morgan fingerprint density at radius 2 is 2.00 bits per heavy atom. The average molecular weight is 330 g/mol. The molecule has 0 aromatic rings. The van der Waals surface area contributed by atoms with Crippen molar-refractivity contribution in [1.82, 2.24) is 0 Å². The predicted molar refractivity (Wildman–Crippen MR) is 93.4 cm³/mol. The summed E-state index contributed by atoms with van der Waals surface area (Å²) in [5, 5.41) is 0. The molecule has 0 spiro atoms. The van der Waals surface area contributed by atoms with E-state index in [1.165, 1.54) is 37.7 Å². The number of ketones is 1. The Kier molecular flexibility index (Phi) is 4.00. The summed E-state index contributed by atoms with van der Waals surface area (Å²) in [6.07, 6.45) is 13.5. The van der Waals surface area contributed by atoms with Gasteiger partial charge in [-0.15, -0.1) is 0 Å². The Balaban J connectivity index is 1.60. The van der Waals surface area contributed by atoms with Crippen molar-refractivity contribution in [1.29, 1.82) is 0 Å². The van der Waals surface area contributed by atoms with Crippen molar-refractivity contribution in [2.24, 2.45) is 28.6 Å². The number of allylic oxidation sites excluding steroid dienone is 4. The first-order chi connectivity index (χ1) is 11.5. The maximum atomic E-state index is 11.8. The Hall–Kier alpha value is -0.930. The van der Waals surface area contributed by atoms with Crippen molar-refractivity contribution in [2.45, 2.75) is 58.5 Å². The summed E-state index contributed by atoms with van der Waals surface area (Å²) in [4.78, 5) is 11.8. The van der Waals surface area contributed by atoms with Crippen molar-refractivity contribution in [3.63, 3.8) is 0 Å². The number of ether oxygens (including phenoxy) is 2. The van der Waals surface area contributed by atoms with E-state index in [9.17, 15) is 4.79 Å². The summed E-state index contributed by atoms with van der Waals surface area (Å²) in [6, 6.07) is 0. The number of hydrogen-bond donors (Lipinski definition) is 0. The smallest absolute Gasteiger partial charge is 0.178 e. The molecule has 0 aromatic heterocycles. The molecule has 0 heterocycles. The molecule has 0 aromatic carbocycles. The summed E-state index contributed by atoms with van der Waals surface area (Å²) in [7, 11) is 1.71. The first kappa shape index (κ1) is 16.5. The van der Waals surface area contributed by atoms with Crippen LogP contribution in [0, 0.1) is 28.6 Å². The van der Waals surface area contributed by atoms with Crippen molar-refractivity contribution in [3.8, 4) is 0 Å². The lowest BCUT2D eigenvalue weighted by atomic mass is 9.48. The molecule has 3 fully saturated rings. The summed E-state index contributed by atoms with van der Waals surface area (Å²) in [6.45, 7) is 5.24. The Morgan fingerprint density at radius 3 is 2.79 bits per heavy atom. The highest BCUT2D eigenvalue weighted by molar-refractivity contribution is 6.01. The van der Waals surface area contributed by atoms with Gasteiger partial charge in [0.1, 0.15) is 6.79 Å². The third-order valence-corrected chi connectivity index (χ3v) is 7.86. The molecule has 0 amide bonds. The van der Waals surface area contributed by atoms with E-state index in [0.717, 1.165) is 18.3 Å². The fourth-order valence-corrected chi connectivity index (χ4v) is 6.57. The van der Waals surface area contributed by atoms with Gasteiger partial charge in [-0.25, -0.2) is 0 Å². The van der Waals surface area contributed by atoms with Gasteiger partial charge in [-0.1, -0.05) is 25.5 Å². The lowest BCUT2D eigenvalue weighted by Gasteiger charge is -2.56. The van der Waals surface area contributed by atoms with Gasteiger partial charge in [0.25, 0.3) is 0 Å². The molecule has 0 radical (unpaired) electrons. The number of carbonyl (C=O) groups is 1. The Labute approximate surface area is 145 Å². The molecule has 132 valence electrons. The lowest BCUT2D eigenvalue weighted by Crippen LogP contribution is -2.50. The molecule has 0 bridgehead atoms. The third kappa shape index (κ3) is 2.28. The van der Waals surface area contributed by atoms with Crippen molar-refractivity contribution >= 4 is 5.78 Å². The summed E-state index contributed by atoms with van der Waals surface area (Å²) in [5.41, 5.74) is 1.78. The second-order valence-electron chi connectivity index (χ2n) is 8.79. The van der Waals surface area contributed by atoms with E-state index in [2.05, 4.69) is 19.9 Å². The lowest BCUT2D eigenvalue weighted by molar-refractivity contribution is -0.134. The van der Waals surface area contributed by atoms with Crippen LogP contribution in [0.4, 0.5) is 0 Å². The SMILES string of the molecule is COCOC1CC[C@H]2[C@@H]3CCC4=CC(=O)C=C[C@]4(C)[C@@H]3CC[C@]12C. The monoisotopic (exact) mass is 330 g/mol. The molecule has 4 rings (SSSR count). The number of rotatable bonds is 3. The van der Waals surface area contributed by atoms with E-state index in [0.29, 0.717) is 24.2 Å². The van der Waals surface area contributed by atoms with Gasteiger partial charge in [-0.2, -0.15) is 0 Å². The minimum Gasteiger partial charge on any atom is -0.359 e. The minimum absolute atomic E-state index is 0.101. The molecular formula is C21H30O3. The second-order valence-corrected chi connectivity index (χ2v) is 8.79. The summed E-state index contributed by atoms with van der Waals surface area (Å²) < 4.78 is 11.2. The van der Waals surface area contributed by atoms with Gasteiger partial charge in [0.05, 0.1) is 6.10 Å². The standard InChI is InChI=1S/C21H30O3/c1-20-10-8-15(22)12-14(20)4-5-16-17-6-7-19(24-13-23-3)21(17,2)11-9-18(16)20/h8,10,12,16-19H,4-7,9,11,13H2,1-3H3/t16-,17-,18+,19?,20-,21-/m0/s1. The van der Waals surface area contributed by atoms with E-state index in [1.54, 1.807) is 13.2 Å². The zero-order chi connectivity index (χ0) is 16.9. The maximum absolute atomic E-state index is 11.8. The van der Waals surface area contributed by atoms with Gasteiger partial charge in [-0.3, -0.25) is 4.79 Å². The van der Waals surface area contributed by atoms with Gasteiger partial charge in [0, 0.05) is 12.5 Å². The van der Waals surface area contributed by atoms with Gasteiger partial charge >= 0.3 is 0 Å². The molecule has 0 aliphatic heterocycles. The summed E-state index contributed by atoms with van der Waals surface area (Å²) in [5.74, 6) is 2.37. The largest absolute Gasteiger partial charge is 0.359 e. The zero-order valence-corrected chi connectivity index (χ0v) is 15.2. The molecule has 0 N–H and O–H groups in total. The first-order valence-electron chi connectivity index (χ1n) is 9.54. The zero-order valence-electron chi connectivity index (χ0n) is 15.2. The van der Waals surface area contributed by atoms with Gasteiger partial charge in [0.2, 0.25) is 0 Å². The van der Waals surface area contributed by atoms with Gasteiger partial charge < -0.3 is 9.47 Å². The molecule has 3 heteroatoms. The number of hydrogen-bond acceptors (Lipinski definition) is 3. The average Bonchev–Trinajstić information content (AvgIpc) is 2.90. The van der Waals surface area contributed by atoms with E-state index < -0.39 is 0 Å². The van der Waals surface area contributed by atoms with Gasteiger partial charge in [0.15, 0.2) is 5.78 Å². The van der Waals surface area contributed by atoms with E-state index in [4.69, 9.17) is 9.47 Å². The topological polar surface area (TPSA) is 35.5 Å². The maximum Gasteiger partial charge on any atom is 0.178 e. The van der Waals surface area contributed by atoms with Crippen molar-refractivity contribution in [2.75, 3.05) is 13.9 Å². The van der Waals surface area contributed by atoms with Crippen LogP contribution in [-0.4, -0.2) is 25.8 Å². The van der Waals surface area contributed by atoms with Crippen LogP contribution in [0.1, 0.15) is 52.4 Å². The Bertz CT molecular complexity index is 592. The summed E-state index contributed by atoms with van der Waals surface area (Å²) >= 11 is 0. The Morgan fingerprint density at radius 1 is 1.17 bits per heavy atom. The molecule has 0 saturated heterocycles. The number of methoxy groups -OCH3 is 1. The number of carbonyl (C=O) groups excluding carboxylic acids is 1. The van der Waals surface area contributed by atoms with Crippen molar-refractivity contribution in [3.05, 3.63) is 23.8 Å². The molecule has 4 aliphatic carbocycles. The van der Waals surface area contributed by atoms with Gasteiger partial charge in [-0.05, 0) is 73.8 Å². The molecule has 3 nitrogen and oxygen atoms in total. The third-order valence-electron chi connectivity index (χ3n) is 7.86. The van der Waals surface area contributed by atoms with E-state index in [-0.39, 0.29) is 11.2 Å². The fraction of sp³-hybridized carbons (Fsp3) is 0.762. The molecular weight excluding hydrogens is 300 g/mol. The predicted octanol–water partition coefficient (Wildman–Crippen LogP) is 4.28. The van der Waals surface area contributed by atoms with Crippen LogP contribution in [-0.2, 0) is 14.3 Å². The van der Waals surface area contributed by atoms with E-state index in [1.807, 2.05) is 6.08 Å². The van der Waals surface area contributed by atoms with Crippen LogP contribution in [0.15, 0.2) is 23.8 Å². The molecule has 4 aliphatic rings. The highest BCUT2D eigenvalue weighted by atomic mass is 16.7. The number of fused-ring (bicyclic) bond motifs is 5. The molecule has 24 heavy (non-hydrogen) atoms. The highest BCUT2D eigenvalue weighted by Gasteiger charge is 2.58. The minimum atomic E-state index is 0.101. The molecule has 6 atom stereocenters.